The second-order valence-corrected chi connectivity index (χ2v) is 10.1. The molecule has 2 N–H and O–H groups in total. The van der Waals surface area contributed by atoms with Gasteiger partial charge in [0.05, 0.1) is 12.8 Å². The number of carbonyl (C=O) groups excluding carboxylic acids is 3. The predicted octanol–water partition coefficient (Wildman–Crippen LogP) is 3.96. The molecule has 2 amide bonds. The zero-order chi connectivity index (χ0) is 28.1. The highest BCUT2D eigenvalue weighted by Gasteiger charge is 2.37. The van der Waals surface area contributed by atoms with Gasteiger partial charge >= 0.3 is 18.0 Å². The lowest BCUT2D eigenvalue weighted by molar-refractivity contribution is -0.151. The van der Waals surface area contributed by atoms with E-state index in [1.807, 2.05) is 78.9 Å². The van der Waals surface area contributed by atoms with Crippen molar-refractivity contribution in [2.75, 3.05) is 19.7 Å². The zero-order valence-corrected chi connectivity index (χ0v) is 21.8. The van der Waals surface area contributed by atoms with E-state index in [2.05, 4.69) is 5.32 Å². The number of fused-ring (bicyclic) bond motifs is 3. The average molecular weight is 543 g/mol. The fourth-order valence-corrected chi connectivity index (χ4v) is 5.29. The first-order valence-electron chi connectivity index (χ1n) is 13.2. The largest absolute Gasteiger partial charge is 0.481 e. The van der Waals surface area contributed by atoms with Crippen molar-refractivity contribution in [3.05, 3.63) is 95.6 Å². The Labute approximate surface area is 231 Å². The summed E-state index contributed by atoms with van der Waals surface area (Å²) >= 11 is 0. The molecule has 0 spiro atoms. The molecule has 1 fully saturated rings. The van der Waals surface area contributed by atoms with Crippen molar-refractivity contribution in [1.29, 1.82) is 0 Å². The number of carbonyl (C=O) groups is 4. The van der Waals surface area contributed by atoms with Crippen molar-refractivity contribution >= 4 is 23.9 Å². The second-order valence-electron chi connectivity index (χ2n) is 10.1. The number of nitrogens with one attached hydrogen (secondary N) is 1. The number of carboxylic acids is 1. The first-order chi connectivity index (χ1) is 19.4. The van der Waals surface area contributed by atoms with E-state index < -0.39 is 30.0 Å². The van der Waals surface area contributed by atoms with Crippen molar-refractivity contribution in [3.63, 3.8) is 0 Å². The smallest absolute Gasteiger partial charge is 0.407 e. The predicted molar refractivity (Wildman–Crippen MR) is 145 cm³/mol. The van der Waals surface area contributed by atoms with Crippen LogP contribution in [0, 0.1) is 5.92 Å². The molecule has 40 heavy (non-hydrogen) atoms. The number of hydrogen-bond acceptors (Lipinski definition) is 6. The Morgan fingerprint density at radius 2 is 1.45 bits per heavy atom. The molecule has 1 aliphatic heterocycles. The SMILES string of the molecule is O=C(O)CC1CN(C(=O)[C@H](CC(=O)OCc2ccccc2)NC(=O)OCC2c3ccccc3-c3ccccc32)C1. The number of likely N-dealkylation sites (tertiary alicyclic amines) is 1. The van der Waals surface area contributed by atoms with Crippen LogP contribution in [0.1, 0.15) is 35.4 Å². The van der Waals surface area contributed by atoms with Crippen LogP contribution in [-0.2, 0) is 30.5 Å². The summed E-state index contributed by atoms with van der Waals surface area (Å²) in [6.07, 6.45) is -1.25. The molecule has 3 aromatic carbocycles. The molecule has 0 unspecified atom stereocenters. The van der Waals surface area contributed by atoms with Gasteiger partial charge in [0.15, 0.2) is 0 Å². The summed E-state index contributed by atoms with van der Waals surface area (Å²) in [5.41, 5.74) is 5.09. The van der Waals surface area contributed by atoms with E-state index in [0.29, 0.717) is 0 Å². The first-order valence-corrected chi connectivity index (χ1v) is 13.2. The summed E-state index contributed by atoms with van der Waals surface area (Å²) in [6, 6.07) is 23.8. The van der Waals surface area contributed by atoms with E-state index in [-0.39, 0.29) is 51.0 Å². The summed E-state index contributed by atoms with van der Waals surface area (Å²) < 4.78 is 10.9. The number of hydrogen-bond donors (Lipinski definition) is 2. The van der Waals surface area contributed by atoms with Gasteiger partial charge in [-0.25, -0.2) is 4.79 Å². The monoisotopic (exact) mass is 542 g/mol. The molecule has 0 bridgehead atoms. The number of carboxylic acid groups (broad SMARTS) is 1. The number of esters is 1. The molecule has 2 aliphatic rings. The molecular weight excluding hydrogens is 512 g/mol. The number of alkyl carbamates (subject to hydrolysis) is 1. The van der Waals surface area contributed by atoms with Gasteiger partial charge in [-0.2, -0.15) is 0 Å². The molecule has 0 radical (unpaired) electrons. The minimum Gasteiger partial charge on any atom is -0.481 e. The van der Waals surface area contributed by atoms with E-state index >= 15 is 0 Å². The Morgan fingerprint density at radius 1 is 0.850 bits per heavy atom. The molecule has 206 valence electrons. The Bertz CT molecular complexity index is 1360. The maximum Gasteiger partial charge on any atom is 0.407 e. The average Bonchev–Trinajstić information content (AvgIpc) is 3.26. The first kappa shape index (κ1) is 26.9. The Morgan fingerprint density at radius 3 is 2.08 bits per heavy atom. The third-order valence-corrected chi connectivity index (χ3v) is 7.28. The van der Waals surface area contributed by atoms with Crippen LogP contribution in [0.4, 0.5) is 4.79 Å². The highest BCUT2D eigenvalue weighted by molar-refractivity contribution is 5.90. The lowest BCUT2D eigenvalue weighted by Gasteiger charge is -2.40. The third-order valence-electron chi connectivity index (χ3n) is 7.28. The lowest BCUT2D eigenvalue weighted by atomic mass is 9.95. The molecule has 0 aromatic heterocycles. The van der Waals surface area contributed by atoms with Gasteiger partial charge in [0.2, 0.25) is 5.91 Å². The molecule has 1 heterocycles. The van der Waals surface area contributed by atoms with Gasteiger partial charge in [0.25, 0.3) is 0 Å². The van der Waals surface area contributed by atoms with Crippen LogP contribution < -0.4 is 5.32 Å². The van der Waals surface area contributed by atoms with Gasteiger partial charge in [0.1, 0.15) is 19.3 Å². The van der Waals surface area contributed by atoms with Gasteiger partial charge in [-0.3, -0.25) is 14.4 Å². The molecule has 9 heteroatoms. The number of ether oxygens (including phenoxy) is 2. The topological polar surface area (TPSA) is 122 Å². The standard InChI is InChI=1S/C31H30N2O7/c34-28(35)14-21-16-33(17-21)30(37)27(15-29(36)39-18-20-8-2-1-3-9-20)32-31(38)40-19-26-24-12-6-4-10-22(24)23-11-5-7-13-25(23)26/h1-13,21,26-27H,14-19H2,(H,32,38)(H,34,35)/t27-/m0/s1. The minimum absolute atomic E-state index is 0.0376. The molecule has 3 aromatic rings. The van der Waals surface area contributed by atoms with Crippen molar-refractivity contribution in [2.24, 2.45) is 5.92 Å². The Balaban J connectivity index is 1.22. The highest BCUT2D eigenvalue weighted by Crippen LogP contribution is 2.44. The van der Waals surface area contributed by atoms with Crippen LogP contribution in [-0.4, -0.2) is 59.7 Å². The summed E-state index contributed by atoms with van der Waals surface area (Å²) in [7, 11) is 0. The number of amides is 2. The molecule has 0 saturated carbocycles. The zero-order valence-electron chi connectivity index (χ0n) is 21.8. The van der Waals surface area contributed by atoms with E-state index in [0.717, 1.165) is 27.8 Å². The molecular formula is C31H30N2O7. The summed E-state index contributed by atoms with van der Waals surface area (Å²) in [6.45, 7) is 0.583. The van der Waals surface area contributed by atoms with Crippen LogP contribution in [0.3, 0.4) is 0 Å². The normalized spacial score (nSPS) is 14.8. The van der Waals surface area contributed by atoms with Crippen molar-refractivity contribution < 1.29 is 33.8 Å². The Kier molecular flexibility index (Phi) is 8.10. The van der Waals surface area contributed by atoms with E-state index in [9.17, 15) is 19.2 Å². The summed E-state index contributed by atoms with van der Waals surface area (Å²) in [5.74, 6) is -2.39. The van der Waals surface area contributed by atoms with Crippen molar-refractivity contribution in [2.45, 2.75) is 31.4 Å². The molecule has 1 aliphatic carbocycles. The third kappa shape index (κ3) is 6.14. The maximum atomic E-state index is 13.2. The molecule has 9 nitrogen and oxygen atoms in total. The maximum absolute atomic E-state index is 13.2. The van der Waals surface area contributed by atoms with Crippen LogP contribution in [0.25, 0.3) is 11.1 Å². The van der Waals surface area contributed by atoms with Crippen LogP contribution in [0.2, 0.25) is 0 Å². The minimum atomic E-state index is -1.20. The fourth-order valence-electron chi connectivity index (χ4n) is 5.29. The number of nitrogens with zero attached hydrogens (tertiary/aromatic N) is 1. The second kappa shape index (κ2) is 12.0. The van der Waals surface area contributed by atoms with Crippen molar-refractivity contribution in [1.82, 2.24) is 10.2 Å². The van der Waals surface area contributed by atoms with Crippen LogP contribution in [0.15, 0.2) is 78.9 Å². The lowest BCUT2D eigenvalue weighted by Crippen LogP contribution is -2.57. The molecule has 1 atom stereocenters. The van der Waals surface area contributed by atoms with E-state index in [1.54, 1.807) is 0 Å². The van der Waals surface area contributed by atoms with Crippen molar-refractivity contribution in [3.8, 4) is 11.1 Å². The van der Waals surface area contributed by atoms with Gasteiger partial charge in [-0.1, -0.05) is 78.9 Å². The number of aliphatic carboxylic acids is 1. The molecule has 1 saturated heterocycles. The van der Waals surface area contributed by atoms with Crippen LogP contribution in [0.5, 0.6) is 0 Å². The number of benzene rings is 3. The fraction of sp³-hybridized carbons (Fsp3) is 0.290. The van der Waals surface area contributed by atoms with Crippen LogP contribution >= 0.6 is 0 Å². The van der Waals surface area contributed by atoms with Gasteiger partial charge < -0.3 is 24.8 Å². The van der Waals surface area contributed by atoms with Gasteiger partial charge in [-0.05, 0) is 27.8 Å². The molecule has 5 rings (SSSR count). The summed E-state index contributed by atoms with van der Waals surface area (Å²) in [4.78, 5) is 51.2. The van der Waals surface area contributed by atoms with E-state index in [1.165, 1.54) is 4.90 Å². The highest BCUT2D eigenvalue weighted by atomic mass is 16.5. The van der Waals surface area contributed by atoms with Gasteiger partial charge in [-0.15, -0.1) is 0 Å². The quantitative estimate of drug-likeness (QED) is 0.372. The number of rotatable bonds is 10. The van der Waals surface area contributed by atoms with E-state index in [4.69, 9.17) is 14.6 Å². The summed E-state index contributed by atoms with van der Waals surface area (Å²) in [5, 5.41) is 11.6. The van der Waals surface area contributed by atoms with Gasteiger partial charge in [0, 0.05) is 24.9 Å². The Hall–Kier alpha value is -4.66.